The number of piperidine rings is 1. The smallest absolute Gasteiger partial charge is 0.260 e. The highest BCUT2D eigenvalue weighted by Gasteiger charge is 2.38. The van der Waals surface area contributed by atoms with Crippen molar-refractivity contribution in [3.8, 4) is 0 Å². The largest absolute Gasteiger partial charge is 0.379 e. The van der Waals surface area contributed by atoms with E-state index in [0.717, 1.165) is 26.1 Å². The van der Waals surface area contributed by atoms with Gasteiger partial charge >= 0.3 is 0 Å². The van der Waals surface area contributed by atoms with Gasteiger partial charge in [0.15, 0.2) is 5.60 Å². The van der Waals surface area contributed by atoms with Crippen LogP contribution in [-0.4, -0.2) is 60.0 Å². The molecule has 2 aliphatic heterocycles. The van der Waals surface area contributed by atoms with Gasteiger partial charge in [0, 0.05) is 19.6 Å². The molecule has 7 heteroatoms. The van der Waals surface area contributed by atoms with Gasteiger partial charge < -0.3 is 24.6 Å². The van der Waals surface area contributed by atoms with E-state index in [1.807, 2.05) is 7.05 Å². The van der Waals surface area contributed by atoms with E-state index in [-0.39, 0.29) is 6.10 Å². The second-order valence-electron chi connectivity index (χ2n) is 5.39. The lowest BCUT2D eigenvalue weighted by molar-refractivity contribution is -0.0264. The molecule has 2 atom stereocenters. The Kier molecular flexibility index (Phi) is 3.53. The molecule has 0 aromatic carbocycles. The number of nitrogens with one attached hydrogen (secondary N) is 1. The second kappa shape index (κ2) is 5.16. The molecule has 0 aliphatic carbocycles. The normalized spacial score (nSPS) is 33.5. The van der Waals surface area contributed by atoms with Crippen LogP contribution in [-0.2, 0) is 10.3 Å². The zero-order valence-electron chi connectivity index (χ0n) is 11.1. The van der Waals surface area contributed by atoms with Crippen molar-refractivity contribution < 1.29 is 14.4 Å². The van der Waals surface area contributed by atoms with Gasteiger partial charge in [-0.15, -0.1) is 0 Å². The van der Waals surface area contributed by atoms with E-state index >= 15 is 0 Å². The fraction of sp³-hybridized carbons (Fsp3) is 0.833. The fourth-order valence-electron chi connectivity index (χ4n) is 2.56. The first-order chi connectivity index (χ1) is 9.17. The minimum atomic E-state index is -1.04. The average molecular weight is 268 g/mol. The molecule has 1 aromatic heterocycles. The van der Waals surface area contributed by atoms with E-state index in [4.69, 9.17) is 9.26 Å². The van der Waals surface area contributed by atoms with Gasteiger partial charge in [0.2, 0.25) is 5.82 Å². The molecule has 7 nitrogen and oxygen atoms in total. The Morgan fingerprint density at radius 2 is 2.42 bits per heavy atom. The van der Waals surface area contributed by atoms with E-state index in [1.54, 1.807) is 0 Å². The van der Waals surface area contributed by atoms with Gasteiger partial charge in [-0.3, -0.25) is 0 Å². The maximum Gasteiger partial charge on any atom is 0.260 e. The second-order valence-corrected chi connectivity index (χ2v) is 5.39. The summed E-state index contributed by atoms with van der Waals surface area (Å²) in [7, 11) is 2.04. The number of aromatic nitrogens is 2. The third-order valence-electron chi connectivity index (χ3n) is 3.76. The Bertz CT molecular complexity index is 430. The predicted molar refractivity (Wildman–Crippen MR) is 66.5 cm³/mol. The van der Waals surface area contributed by atoms with Crippen LogP contribution in [0, 0.1) is 0 Å². The third kappa shape index (κ3) is 2.64. The molecule has 1 aromatic rings. The Morgan fingerprint density at radius 3 is 3.16 bits per heavy atom. The molecule has 0 radical (unpaired) electrons. The van der Waals surface area contributed by atoms with Crippen molar-refractivity contribution in [1.82, 2.24) is 20.4 Å². The first kappa shape index (κ1) is 13.0. The van der Waals surface area contributed by atoms with Gasteiger partial charge in [-0.05, 0) is 26.4 Å². The summed E-state index contributed by atoms with van der Waals surface area (Å²) in [5, 5.41) is 17.6. The van der Waals surface area contributed by atoms with E-state index in [1.165, 1.54) is 0 Å². The topological polar surface area (TPSA) is 83.7 Å². The molecule has 3 rings (SSSR count). The molecule has 2 aliphatic rings. The van der Waals surface area contributed by atoms with E-state index in [2.05, 4.69) is 20.4 Å². The van der Waals surface area contributed by atoms with Crippen molar-refractivity contribution in [2.75, 3.05) is 39.8 Å². The van der Waals surface area contributed by atoms with E-state index in [0.29, 0.717) is 31.3 Å². The van der Waals surface area contributed by atoms with Crippen LogP contribution in [0.3, 0.4) is 0 Å². The zero-order chi connectivity index (χ0) is 13.3. The lowest BCUT2D eigenvalue weighted by Gasteiger charge is -2.29. The number of hydrogen-bond acceptors (Lipinski definition) is 7. The van der Waals surface area contributed by atoms with Crippen LogP contribution >= 0.6 is 0 Å². The average Bonchev–Trinajstić information content (AvgIpc) is 2.90. The summed E-state index contributed by atoms with van der Waals surface area (Å²) < 4.78 is 10.9. The highest BCUT2D eigenvalue weighted by molar-refractivity contribution is 5.04. The van der Waals surface area contributed by atoms with Crippen LogP contribution in [0.5, 0.6) is 0 Å². The van der Waals surface area contributed by atoms with Crippen molar-refractivity contribution in [3.05, 3.63) is 11.7 Å². The fourth-order valence-corrected chi connectivity index (χ4v) is 2.56. The Hall–Kier alpha value is -1.02. The summed E-state index contributed by atoms with van der Waals surface area (Å²) in [6.45, 7) is 3.70. The Morgan fingerprint density at radius 1 is 1.53 bits per heavy atom. The van der Waals surface area contributed by atoms with Crippen molar-refractivity contribution in [2.24, 2.45) is 0 Å². The zero-order valence-corrected chi connectivity index (χ0v) is 11.1. The summed E-state index contributed by atoms with van der Waals surface area (Å²) in [5.74, 6) is 0.826. The van der Waals surface area contributed by atoms with Crippen LogP contribution in [0.4, 0.5) is 0 Å². The van der Waals surface area contributed by atoms with Gasteiger partial charge in [-0.1, -0.05) is 5.16 Å². The molecule has 2 N–H and O–H groups in total. The maximum atomic E-state index is 10.5. The summed E-state index contributed by atoms with van der Waals surface area (Å²) in [5.41, 5.74) is -1.04. The molecule has 2 fully saturated rings. The van der Waals surface area contributed by atoms with Gasteiger partial charge in [-0.2, -0.15) is 4.98 Å². The van der Waals surface area contributed by atoms with Crippen molar-refractivity contribution in [3.63, 3.8) is 0 Å². The Balaban J connectivity index is 1.75. The standard InChI is InChI=1S/C12H20N4O3/c1-16-5-6-18-9(7-16)10-14-11(19-15-10)12(17)3-2-4-13-8-12/h9,13,17H,2-8H2,1H3. The molecule has 0 spiro atoms. The summed E-state index contributed by atoms with van der Waals surface area (Å²) in [6, 6.07) is 0. The molecule has 2 saturated heterocycles. The minimum Gasteiger partial charge on any atom is -0.379 e. The van der Waals surface area contributed by atoms with Crippen molar-refractivity contribution >= 4 is 0 Å². The van der Waals surface area contributed by atoms with Crippen LogP contribution in [0.1, 0.15) is 30.7 Å². The van der Waals surface area contributed by atoms with E-state index < -0.39 is 5.60 Å². The molecule has 0 bridgehead atoms. The molecule has 2 unspecified atom stereocenters. The summed E-state index contributed by atoms with van der Waals surface area (Å²) >= 11 is 0. The lowest BCUT2D eigenvalue weighted by atomic mass is 9.94. The molecular formula is C12H20N4O3. The molecule has 3 heterocycles. The highest BCUT2D eigenvalue weighted by Crippen LogP contribution is 2.28. The van der Waals surface area contributed by atoms with Crippen molar-refractivity contribution in [2.45, 2.75) is 24.5 Å². The Labute approximate surface area is 111 Å². The van der Waals surface area contributed by atoms with Gasteiger partial charge in [0.05, 0.1) is 6.61 Å². The van der Waals surface area contributed by atoms with Crippen LogP contribution in [0.2, 0.25) is 0 Å². The molecule has 106 valence electrons. The number of morpholine rings is 1. The van der Waals surface area contributed by atoms with Gasteiger partial charge in [0.25, 0.3) is 5.89 Å². The number of ether oxygens (including phenoxy) is 1. The number of aliphatic hydroxyl groups is 1. The summed E-state index contributed by atoms with van der Waals surface area (Å²) in [6.07, 6.45) is 1.38. The number of β-amino-alcohol motifs (C(OH)–C–C–N with tert-alkyl or cyclic N) is 1. The molecule has 0 saturated carbocycles. The minimum absolute atomic E-state index is 0.170. The third-order valence-corrected chi connectivity index (χ3v) is 3.76. The van der Waals surface area contributed by atoms with E-state index in [9.17, 15) is 5.11 Å². The lowest BCUT2D eigenvalue weighted by Crippen LogP contribution is -2.43. The number of likely N-dealkylation sites (N-methyl/N-ethyl adjacent to an activating group) is 1. The molecule has 19 heavy (non-hydrogen) atoms. The molecule has 0 amide bonds. The first-order valence-electron chi connectivity index (χ1n) is 6.75. The molecular weight excluding hydrogens is 248 g/mol. The summed E-state index contributed by atoms with van der Waals surface area (Å²) in [4.78, 5) is 6.51. The van der Waals surface area contributed by atoms with Crippen LogP contribution in [0.25, 0.3) is 0 Å². The maximum absolute atomic E-state index is 10.5. The first-order valence-corrected chi connectivity index (χ1v) is 6.75. The highest BCUT2D eigenvalue weighted by atomic mass is 16.5. The monoisotopic (exact) mass is 268 g/mol. The van der Waals surface area contributed by atoms with Crippen molar-refractivity contribution in [1.29, 1.82) is 0 Å². The van der Waals surface area contributed by atoms with Crippen LogP contribution < -0.4 is 5.32 Å². The SMILES string of the molecule is CN1CCOC(c2noc(C3(O)CCCNC3)n2)C1. The quantitative estimate of drug-likeness (QED) is 0.758. The number of rotatable bonds is 2. The van der Waals surface area contributed by atoms with Gasteiger partial charge in [-0.25, -0.2) is 0 Å². The van der Waals surface area contributed by atoms with Gasteiger partial charge in [0.1, 0.15) is 6.10 Å². The number of hydrogen-bond donors (Lipinski definition) is 2. The predicted octanol–water partition coefficient (Wildman–Crippen LogP) is -0.356. The number of nitrogens with zero attached hydrogens (tertiary/aromatic N) is 3. The van der Waals surface area contributed by atoms with Crippen LogP contribution in [0.15, 0.2) is 4.52 Å².